The molecule has 94 valence electrons. The van der Waals surface area contributed by atoms with Gasteiger partial charge in [0.2, 0.25) is 0 Å². The first-order valence-electron chi connectivity index (χ1n) is 5.94. The highest BCUT2D eigenvalue weighted by Crippen LogP contribution is 2.07. The molecule has 1 aromatic heterocycles. The fourth-order valence-corrected chi connectivity index (χ4v) is 1.77. The number of rotatable bonds is 4. The summed E-state index contributed by atoms with van der Waals surface area (Å²) in [5.74, 6) is -0.320. The lowest BCUT2D eigenvalue weighted by molar-refractivity contribution is 0.0467. The van der Waals surface area contributed by atoms with Crippen molar-refractivity contribution in [1.29, 1.82) is 0 Å². The van der Waals surface area contributed by atoms with Gasteiger partial charge in [0.1, 0.15) is 12.3 Å². The van der Waals surface area contributed by atoms with Gasteiger partial charge in [0.15, 0.2) is 0 Å². The molecule has 0 N–H and O–H groups in total. The molecule has 0 atom stereocenters. The van der Waals surface area contributed by atoms with Gasteiger partial charge in [-0.05, 0) is 24.6 Å². The van der Waals surface area contributed by atoms with Crippen molar-refractivity contribution in [3.63, 3.8) is 0 Å². The minimum atomic E-state index is -0.320. The molecule has 2 rings (SSSR count). The Hall–Kier alpha value is -2.10. The first kappa shape index (κ1) is 12.4. The molecular formula is C14H16N2O2. The molecule has 0 bridgehead atoms. The second-order valence-electron chi connectivity index (χ2n) is 4.05. The van der Waals surface area contributed by atoms with E-state index in [9.17, 15) is 4.79 Å². The van der Waals surface area contributed by atoms with Crippen molar-refractivity contribution in [3.05, 3.63) is 53.3 Å². The Kier molecular flexibility index (Phi) is 3.77. The summed E-state index contributed by atoms with van der Waals surface area (Å²) in [6, 6.07) is 10.9. The van der Waals surface area contributed by atoms with Gasteiger partial charge in [-0.1, -0.05) is 25.1 Å². The lowest BCUT2D eigenvalue weighted by Gasteiger charge is -2.02. The van der Waals surface area contributed by atoms with Crippen molar-refractivity contribution >= 4 is 5.97 Å². The van der Waals surface area contributed by atoms with E-state index in [0.29, 0.717) is 5.56 Å². The maximum Gasteiger partial charge on any atom is 0.338 e. The molecule has 0 saturated carbocycles. The molecule has 0 aliphatic rings. The van der Waals surface area contributed by atoms with E-state index in [2.05, 4.69) is 12.0 Å². The molecule has 1 heterocycles. The third-order valence-corrected chi connectivity index (χ3v) is 2.75. The topological polar surface area (TPSA) is 44.1 Å². The number of hydrogen-bond acceptors (Lipinski definition) is 3. The summed E-state index contributed by atoms with van der Waals surface area (Å²) in [6.45, 7) is 2.28. The zero-order chi connectivity index (χ0) is 13.0. The van der Waals surface area contributed by atoms with Crippen LogP contribution in [0.25, 0.3) is 0 Å². The van der Waals surface area contributed by atoms with E-state index in [-0.39, 0.29) is 12.6 Å². The maximum absolute atomic E-state index is 11.7. The number of nitrogens with zero attached hydrogens (tertiary/aromatic N) is 2. The van der Waals surface area contributed by atoms with E-state index in [4.69, 9.17) is 4.74 Å². The number of benzene rings is 1. The zero-order valence-corrected chi connectivity index (χ0v) is 10.6. The average molecular weight is 244 g/mol. The normalized spacial score (nSPS) is 10.3. The summed E-state index contributed by atoms with van der Waals surface area (Å²) in [6.07, 6.45) is 0.913. The van der Waals surface area contributed by atoms with Crippen molar-refractivity contribution in [2.75, 3.05) is 0 Å². The van der Waals surface area contributed by atoms with Gasteiger partial charge in [0.05, 0.1) is 5.56 Å². The Bertz CT molecular complexity index is 532. The predicted octanol–water partition coefficient (Wildman–Crippen LogP) is 2.34. The van der Waals surface area contributed by atoms with Gasteiger partial charge in [-0.2, -0.15) is 5.10 Å². The monoisotopic (exact) mass is 244 g/mol. The molecule has 0 aliphatic carbocycles. The van der Waals surface area contributed by atoms with Gasteiger partial charge in [-0.25, -0.2) is 4.79 Å². The minimum absolute atomic E-state index is 0.210. The highest BCUT2D eigenvalue weighted by atomic mass is 16.5. The molecule has 0 aliphatic heterocycles. The smallest absolute Gasteiger partial charge is 0.338 e. The third kappa shape index (κ3) is 2.77. The van der Waals surface area contributed by atoms with Crippen LogP contribution in [0.15, 0.2) is 36.4 Å². The van der Waals surface area contributed by atoms with Crippen LogP contribution in [-0.2, 0) is 24.8 Å². The van der Waals surface area contributed by atoms with Crippen LogP contribution in [0.4, 0.5) is 0 Å². The molecule has 4 nitrogen and oxygen atoms in total. The minimum Gasteiger partial charge on any atom is -0.456 e. The van der Waals surface area contributed by atoms with Crippen LogP contribution in [0.5, 0.6) is 0 Å². The number of carbonyl (C=O) groups excluding carboxylic acids is 1. The van der Waals surface area contributed by atoms with Crippen LogP contribution in [0.2, 0.25) is 0 Å². The lowest BCUT2D eigenvalue weighted by Crippen LogP contribution is -2.05. The Morgan fingerprint density at radius 2 is 2.06 bits per heavy atom. The van der Waals surface area contributed by atoms with Crippen molar-refractivity contribution in [2.24, 2.45) is 7.05 Å². The standard InChI is InChI=1S/C14H16N2O2/c1-3-13-9-12(15-16(13)2)10-18-14(17)11-7-5-4-6-8-11/h4-9H,3,10H2,1-2H3. The van der Waals surface area contributed by atoms with E-state index in [1.54, 1.807) is 12.1 Å². The average Bonchev–Trinajstić information content (AvgIpc) is 2.77. The van der Waals surface area contributed by atoms with E-state index >= 15 is 0 Å². The van der Waals surface area contributed by atoms with Gasteiger partial charge >= 0.3 is 5.97 Å². The second kappa shape index (κ2) is 5.49. The van der Waals surface area contributed by atoms with Crippen molar-refractivity contribution in [1.82, 2.24) is 9.78 Å². The number of carbonyl (C=O) groups is 1. The molecular weight excluding hydrogens is 228 g/mol. The van der Waals surface area contributed by atoms with E-state index < -0.39 is 0 Å². The Morgan fingerprint density at radius 1 is 1.33 bits per heavy atom. The predicted molar refractivity (Wildman–Crippen MR) is 68.1 cm³/mol. The zero-order valence-electron chi connectivity index (χ0n) is 10.6. The van der Waals surface area contributed by atoms with Crippen LogP contribution < -0.4 is 0 Å². The van der Waals surface area contributed by atoms with E-state index in [1.165, 1.54) is 0 Å². The highest BCUT2D eigenvalue weighted by Gasteiger charge is 2.09. The molecule has 4 heteroatoms. The van der Waals surface area contributed by atoms with Crippen LogP contribution in [0, 0.1) is 0 Å². The second-order valence-corrected chi connectivity index (χ2v) is 4.05. The molecule has 0 unspecified atom stereocenters. The summed E-state index contributed by atoms with van der Waals surface area (Å²) < 4.78 is 7.02. The quantitative estimate of drug-likeness (QED) is 0.775. The van der Waals surface area contributed by atoms with Gasteiger partial charge in [0, 0.05) is 12.7 Å². The number of hydrogen-bond donors (Lipinski definition) is 0. The number of esters is 1. The molecule has 0 radical (unpaired) electrons. The first-order valence-corrected chi connectivity index (χ1v) is 5.94. The van der Waals surface area contributed by atoms with Gasteiger partial charge in [-0.3, -0.25) is 4.68 Å². The van der Waals surface area contributed by atoms with Crippen LogP contribution in [-0.4, -0.2) is 15.7 Å². The van der Waals surface area contributed by atoms with Crippen LogP contribution in [0.1, 0.15) is 28.7 Å². The van der Waals surface area contributed by atoms with Crippen LogP contribution in [0.3, 0.4) is 0 Å². The molecule has 18 heavy (non-hydrogen) atoms. The molecule has 0 saturated heterocycles. The number of ether oxygens (including phenoxy) is 1. The molecule has 0 fully saturated rings. The van der Waals surface area contributed by atoms with E-state index in [1.807, 2.05) is 36.0 Å². The Labute approximate surface area is 106 Å². The molecule has 1 aromatic carbocycles. The Balaban J connectivity index is 1.97. The van der Waals surface area contributed by atoms with E-state index in [0.717, 1.165) is 17.8 Å². The van der Waals surface area contributed by atoms with Gasteiger partial charge in [-0.15, -0.1) is 0 Å². The summed E-state index contributed by atoms with van der Waals surface area (Å²) in [4.78, 5) is 11.7. The summed E-state index contributed by atoms with van der Waals surface area (Å²) in [5, 5.41) is 4.29. The third-order valence-electron chi connectivity index (χ3n) is 2.75. The Morgan fingerprint density at radius 3 is 2.67 bits per heavy atom. The summed E-state index contributed by atoms with van der Waals surface area (Å²) in [7, 11) is 1.89. The molecule has 2 aromatic rings. The highest BCUT2D eigenvalue weighted by molar-refractivity contribution is 5.89. The first-order chi connectivity index (χ1) is 8.70. The van der Waals surface area contributed by atoms with Crippen molar-refractivity contribution < 1.29 is 9.53 Å². The maximum atomic E-state index is 11.7. The van der Waals surface area contributed by atoms with Crippen molar-refractivity contribution in [2.45, 2.75) is 20.0 Å². The number of aryl methyl sites for hydroxylation is 2. The molecule has 0 spiro atoms. The SMILES string of the molecule is CCc1cc(COC(=O)c2ccccc2)nn1C. The largest absolute Gasteiger partial charge is 0.456 e. The lowest BCUT2D eigenvalue weighted by atomic mass is 10.2. The van der Waals surface area contributed by atoms with Gasteiger partial charge < -0.3 is 4.74 Å². The molecule has 0 amide bonds. The fourth-order valence-electron chi connectivity index (χ4n) is 1.77. The van der Waals surface area contributed by atoms with Crippen LogP contribution >= 0.6 is 0 Å². The number of aromatic nitrogens is 2. The summed E-state index contributed by atoms with van der Waals surface area (Å²) >= 11 is 0. The fraction of sp³-hybridized carbons (Fsp3) is 0.286. The van der Waals surface area contributed by atoms with Crippen molar-refractivity contribution in [3.8, 4) is 0 Å². The summed E-state index contributed by atoms with van der Waals surface area (Å²) in [5.41, 5.74) is 2.46. The van der Waals surface area contributed by atoms with Gasteiger partial charge in [0.25, 0.3) is 0 Å².